The summed E-state index contributed by atoms with van der Waals surface area (Å²) in [4.78, 5) is 9.91. The van der Waals surface area contributed by atoms with Crippen LogP contribution in [0.25, 0.3) is 0 Å². The fraction of sp³-hybridized carbons (Fsp3) is 1.00. The Balaban J connectivity index is 2.49. The van der Waals surface area contributed by atoms with Crippen LogP contribution in [0.5, 0.6) is 0 Å². The Kier molecular flexibility index (Phi) is 11.0. The highest BCUT2D eigenvalue weighted by molar-refractivity contribution is 4.67. The Morgan fingerprint density at radius 3 is 1.36 bits per heavy atom. The molecule has 4 N–H and O–H groups in total. The summed E-state index contributed by atoms with van der Waals surface area (Å²) >= 11 is 0. The monoisotopic (exact) mass is 314 g/mol. The van der Waals surface area contributed by atoms with Gasteiger partial charge >= 0.3 is 0 Å². The van der Waals surface area contributed by atoms with Crippen molar-refractivity contribution in [2.45, 2.75) is 12.8 Å². The maximum atomic E-state index is 5.75. The van der Waals surface area contributed by atoms with Crippen LogP contribution < -0.4 is 11.5 Å². The summed E-state index contributed by atoms with van der Waals surface area (Å²) in [6.07, 6.45) is 2.44. The Morgan fingerprint density at radius 1 is 0.591 bits per heavy atom. The molecule has 6 heteroatoms. The van der Waals surface area contributed by atoms with Gasteiger partial charge in [-0.1, -0.05) is 0 Å². The van der Waals surface area contributed by atoms with Gasteiger partial charge in [0.15, 0.2) is 0 Å². The highest BCUT2D eigenvalue weighted by Crippen LogP contribution is 2.00. The summed E-state index contributed by atoms with van der Waals surface area (Å²) in [6, 6.07) is 0. The van der Waals surface area contributed by atoms with Gasteiger partial charge in [0.2, 0.25) is 0 Å². The van der Waals surface area contributed by atoms with Crippen LogP contribution in [0.3, 0.4) is 0 Å². The quantitative estimate of drug-likeness (QED) is 0.706. The lowest BCUT2D eigenvalue weighted by molar-refractivity contribution is 0.182. The standard InChI is InChI=1S/C16H38N6/c1-19-7-3-9-22(12-6-18)16-14-20(2)8-4-10-21(11-5-17)15-13-19/h3-18H2,1-2H3. The van der Waals surface area contributed by atoms with Gasteiger partial charge in [-0.2, -0.15) is 0 Å². The molecule has 1 rings (SSSR count). The molecule has 0 unspecified atom stereocenters. The van der Waals surface area contributed by atoms with E-state index in [1.165, 1.54) is 12.8 Å². The van der Waals surface area contributed by atoms with Crippen molar-refractivity contribution in [2.75, 3.05) is 92.6 Å². The van der Waals surface area contributed by atoms with E-state index in [2.05, 4.69) is 33.7 Å². The summed E-state index contributed by atoms with van der Waals surface area (Å²) in [5.74, 6) is 0. The fourth-order valence-electron chi connectivity index (χ4n) is 3.01. The van der Waals surface area contributed by atoms with Crippen molar-refractivity contribution >= 4 is 0 Å². The van der Waals surface area contributed by atoms with E-state index < -0.39 is 0 Å². The van der Waals surface area contributed by atoms with Gasteiger partial charge in [-0.05, 0) is 53.1 Å². The van der Waals surface area contributed by atoms with Crippen LogP contribution >= 0.6 is 0 Å². The van der Waals surface area contributed by atoms with E-state index in [-0.39, 0.29) is 0 Å². The minimum atomic E-state index is 0.758. The minimum absolute atomic E-state index is 0.758. The summed E-state index contributed by atoms with van der Waals surface area (Å²) in [6.45, 7) is 12.7. The van der Waals surface area contributed by atoms with Gasteiger partial charge in [0.1, 0.15) is 0 Å². The molecule has 0 aromatic rings. The van der Waals surface area contributed by atoms with Crippen molar-refractivity contribution in [3.05, 3.63) is 0 Å². The number of likely N-dealkylation sites (N-methyl/N-ethyl adjacent to an activating group) is 2. The lowest BCUT2D eigenvalue weighted by Gasteiger charge is -2.29. The van der Waals surface area contributed by atoms with Crippen molar-refractivity contribution in [2.24, 2.45) is 11.5 Å². The molecule has 22 heavy (non-hydrogen) atoms. The molecule has 132 valence electrons. The van der Waals surface area contributed by atoms with E-state index in [9.17, 15) is 0 Å². The minimum Gasteiger partial charge on any atom is -0.329 e. The molecular weight excluding hydrogens is 276 g/mol. The molecular formula is C16H38N6. The Hall–Kier alpha value is -0.240. The van der Waals surface area contributed by atoms with E-state index >= 15 is 0 Å². The van der Waals surface area contributed by atoms with E-state index in [0.29, 0.717) is 0 Å². The first-order valence-corrected chi connectivity index (χ1v) is 8.87. The Morgan fingerprint density at radius 2 is 1.00 bits per heavy atom. The number of hydrogen-bond acceptors (Lipinski definition) is 6. The zero-order chi connectivity index (χ0) is 16.2. The molecule has 1 saturated heterocycles. The predicted octanol–water partition coefficient (Wildman–Crippen LogP) is -0.835. The van der Waals surface area contributed by atoms with Gasteiger partial charge in [0, 0.05) is 52.4 Å². The summed E-state index contributed by atoms with van der Waals surface area (Å²) in [5, 5.41) is 0. The zero-order valence-electron chi connectivity index (χ0n) is 14.8. The van der Waals surface area contributed by atoms with Crippen LogP contribution in [0.2, 0.25) is 0 Å². The molecule has 6 nitrogen and oxygen atoms in total. The highest BCUT2D eigenvalue weighted by Gasteiger charge is 2.10. The molecule has 0 atom stereocenters. The number of hydrogen-bond donors (Lipinski definition) is 2. The second-order valence-electron chi connectivity index (χ2n) is 6.57. The van der Waals surface area contributed by atoms with Crippen molar-refractivity contribution in [3.8, 4) is 0 Å². The van der Waals surface area contributed by atoms with Crippen LogP contribution in [-0.4, -0.2) is 112 Å². The molecule has 1 aliphatic rings. The first-order valence-electron chi connectivity index (χ1n) is 8.87. The van der Waals surface area contributed by atoms with E-state index in [0.717, 1.165) is 78.5 Å². The molecule has 0 spiro atoms. The molecule has 0 amide bonds. The average Bonchev–Trinajstić information content (AvgIpc) is 2.49. The van der Waals surface area contributed by atoms with Gasteiger partial charge in [-0.15, -0.1) is 0 Å². The van der Waals surface area contributed by atoms with Crippen molar-refractivity contribution in [1.29, 1.82) is 0 Å². The number of nitrogens with zero attached hydrogens (tertiary/aromatic N) is 4. The highest BCUT2D eigenvalue weighted by atomic mass is 15.2. The van der Waals surface area contributed by atoms with Crippen LogP contribution in [0.15, 0.2) is 0 Å². The van der Waals surface area contributed by atoms with Gasteiger partial charge in [-0.3, -0.25) is 0 Å². The molecule has 0 aromatic carbocycles. The summed E-state index contributed by atoms with van der Waals surface area (Å²) < 4.78 is 0. The second kappa shape index (κ2) is 12.2. The molecule has 1 aliphatic heterocycles. The molecule has 0 bridgehead atoms. The third-order valence-electron chi connectivity index (χ3n) is 4.51. The molecule has 0 aromatic heterocycles. The van der Waals surface area contributed by atoms with Gasteiger partial charge in [0.05, 0.1) is 0 Å². The van der Waals surface area contributed by atoms with Crippen LogP contribution in [0.1, 0.15) is 12.8 Å². The molecule has 0 aliphatic carbocycles. The lowest BCUT2D eigenvalue weighted by atomic mass is 10.3. The maximum absolute atomic E-state index is 5.75. The second-order valence-corrected chi connectivity index (χ2v) is 6.57. The van der Waals surface area contributed by atoms with Gasteiger partial charge in [0.25, 0.3) is 0 Å². The zero-order valence-corrected chi connectivity index (χ0v) is 14.8. The van der Waals surface area contributed by atoms with E-state index in [1.54, 1.807) is 0 Å². The fourth-order valence-corrected chi connectivity index (χ4v) is 3.01. The van der Waals surface area contributed by atoms with Crippen LogP contribution in [0.4, 0.5) is 0 Å². The Labute approximate surface area is 137 Å². The SMILES string of the molecule is CN1CCCN(CCN)CCN(C)CCCN(CCN)CC1. The van der Waals surface area contributed by atoms with E-state index in [4.69, 9.17) is 11.5 Å². The number of rotatable bonds is 4. The van der Waals surface area contributed by atoms with E-state index in [1.807, 2.05) is 0 Å². The van der Waals surface area contributed by atoms with Crippen molar-refractivity contribution < 1.29 is 0 Å². The first-order chi connectivity index (χ1) is 10.7. The predicted molar refractivity (Wildman–Crippen MR) is 95.2 cm³/mol. The third-order valence-corrected chi connectivity index (χ3v) is 4.51. The van der Waals surface area contributed by atoms with Crippen LogP contribution in [0, 0.1) is 0 Å². The maximum Gasteiger partial charge on any atom is 0.0110 e. The normalized spacial score (nSPS) is 23.5. The topological polar surface area (TPSA) is 65.0 Å². The van der Waals surface area contributed by atoms with Crippen molar-refractivity contribution in [3.63, 3.8) is 0 Å². The smallest absolute Gasteiger partial charge is 0.0110 e. The molecule has 1 heterocycles. The van der Waals surface area contributed by atoms with Crippen LogP contribution in [-0.2, 0) is 0 Å². The molecule has 1 fully saturated rings. The third kappa shape index (κ3) is 9.02. The van der Waals surface area contributed by atoms with Crippen molar-refractivity contribution in [1.82, 2.24) is 19.6 Å². The first kappa shape index (κ1) is 19.8. The Bertz CT molecular complexity index is 237. The molecule has 0 saturated carbocycles. The van der Waals surface area contributed by atoms with Gasteiger partial charge < -0.3 is 31.1 Å². The van der Waals surface area contributed by atoms with Gasteiger partial charge in [-0.25, -0.2) is 0 Å². The summed E-state index contributed by atoms with van der Waals surface area (Å²) in [7, 11) is 4.46. The summed E-state index contributed by atoms with van der Waals surface area (Å²) in [5.41, 5.74) is 11.5. The number of nitrogens with two attached hydrogens (primary N) is 2. The average molecular weight is 315 g/mol. The largest absolute Gasteiger partial charge is 0.329 e. The lowest BCUT2D eigenvalue weighted by Crippen LogP contribution is -2.41. The molecule has 0 radical (unpaired) electrons.